The third kappa shape index (κ3) is 4.26. The lowest BCUT2D eigenvalue weighted by Crippen LogP contribution is -2.39. The average Bonchev–Trinajstić information content (AvgIpc) is 3.42. The van der Waals surface area contributed by atoms with Crippen molar-refractivity contribution < 1.29 is 4.79 Å². The molecule has 1 aromatic carbocycles. The molecule has 0 saturated heterocycles. The van der Waals surface area contributed by atoms with E-state index in [4.69, 9.17) is 16.6 Å². The molecule has 34 heavy (non-hydrogen) atoms. The smallest absolute Gasteiger partial charge is 0.315 e. The molecule has 4 rings (SSSR count). The summed E-state index contributed by atoms with van der Waals surface area (Å²) >= 11 is 7.77. The summed E-state index contributed by atoms with van der Waals surface area (Å²) in [7, 11) is 6.91. The van der Waals surface area contributed by atoms with Crippen LogP contribution in [0.15, 0.2) is 28.0 Å². The fourth-order valence-corrected chi connectivity index (χ4v) is 5.19. The van der Waals surface area contributed by atoms with E-state index in [0.717, 1.165) is 33.3 Å². The Balaban J connectivity index is 1.74. The summed E-state index contributed by atoms with van der Waals surface area (Å²) < 4.78 is 4.63. The number of benzene rings is 1. The van der Waals surface area contributed by atoms with Gasteiger partial charge in [0.2, 0.25) is 5.91 Å². The standard InChI is InChI=1S/C22H26ClN7O3S/c1-13-7-8-14(23)18-16(13)25-21(34-18)30(10-6-9-26(2)3)15(31)11-29-12-24-19-17(29)20(32)28(5)22(33)27(19)4/h7-8,12H,6,9-11H2,1-5H3. The first kappa shape index (κ1) is 24.1. The number of carbonyl (C=O) groups excluding carboxylic acids is 1. The van der Waals surface area contributed by atoms with Crippen LogP contribution in [-0.4, -0.2) is 61.7 Å². The minimum Gasteiger partial charge on any atom is -0.315 e. The van der Waals surface area contributed by atoms with Gasteiger partial charge in [-0.15, -0.1) is 0 Å². The maximum absolute atomic E-state index is 13.5. The number of imidazole rings is 1. The molecule has 0 unspecified atom stereocenters. The summed E-state index contributed by atoms with van der Waals surface area (Å²) in [6.45, 7) is 3.09. The first-order chi connectivity index (χ1) is 16.1. The molecule has 3 heterocycles. The van der Waals surface area contributed by atoms with E-state index >= 15 is 0 Å². The van der Waals surface area contributed by atoms with Gasteiger partial charge in [-0.1, -0.05) is 29.0 Å². The zero-order chi connectivity index (χ0) is 24.7. The van der Waals surface area contributed by atoms with Gasteiger partial charge in [0.1, 0.15) is 6.54 Å². The first-order valence-corrected chi connectivity index (χ1v) is 11.9. The molecule has 4 aromatic rings. The van der Waals surface area contributed by atoms with Gasteiger partial charge in [0, 0.05) is 20.6 Å². The number of hydrogen-bond donors (Lipinski definition) is 0. The van der Waals surface area contributed by atoms with Crippen LogP contribution in [0.2, 0.25) is 5.02 Å². The predicted octanol–water partition coefficient (Wildman–Crippen LogP) is 1.99. The Kier molecular flexibility index (Phi) is 6.61. The summed E-state index contributed by atoms with van der Waals surface area (Å²) in [5, 5.41) is 1.15. The quantitative estimate of drug-likeness (QED) is 0.382. The number of aromatic nitrogens is 5. The van der Waals surface area contributed by atoms with Crippen LogP contribution in [0.5, 0.6) is 0 Å². The highest BCUT2D eigenvalue weighted by molar-refractivity contribution is 7.23. The van der Waals surface area contributed by atoms with E-state index in [1.54, 1.807) is 11.9 Å². The zero-order valence-corrected chi connectivity index (χ0v) is 21.3. The molecule has 0 atom stereocenters. The molecule has 3 aromatic heterocycles. The van der Waals surface area contributed by atoms with Crippen LogP contribution >= 0.6 is 22.9 Å². The van der Waals surface area contributed by atoms with Crippen molar-refractivity contribution in [2.24, 2.45) is 14.1 Å². The Labute approximate surface area is 204 Å². The third-order valence-corrected chi connectivity index (χ3v) is 7.27. The van der Waals surface area contributed by atoms with Crippen LogP contribution in [-0.2, 0) is 25.4 Å². The molecule has 0 fully saturated rings. The number of rotatable bonds is 7. The summed E-state index contributed by atoms with van der Waals surface area (Å²) in [4.78, 5) is 51.2. The molecule has 10 nitrogen and oxygen atoms in total. The van der Waals surface area contributed by atoms with Gasteiger partial charge < -0.3 is 9.47 Å². The van der Waals surface area contributed by atoms with Crippen molar-refractivity contribution in [3.63, 3.8) is 0 Å². The summed E-state index contributed by atoms with van der Waals surface area (Å²) in [5.41, 5.74) is 1.23. The molecule has 180 valence electrons. The summed E-state index contributed by atoms with van der Waals surface area (Å²) in [5.74, 6) is -0.234. The number of fused-ring (bicyclic) bond motifs is 2. The van der Waals surface area contributed by atoms with E-state index < -0.39 is 11.2 Å². The number of anilines is 1. The van der Waals surface area contributed by atoms with E-state index in [2.05, 4.69) is 9.88 Å². The van der Waals surface area contributed by atoms with Crippen molar-refractivity contribution >= 4 is 55.4 Å². The molecular formula is C22H26ClN7O3S. The zero-order valence-electron chi connectivity index (χ0n) is 19.7. The Morgan fingerprint density at radius 1 is 1.15 bits per heavy atom. The van der Waals surface area contributed by atoms with Gasteiger partial charge in [0.15, 0.2) is 16.3 Å². The van der Waals surface area contributed by atoms with Crippen LogP contribution in [0.25, 0.3) is 21.4 Å². The predicted molar refractivity (Wildman–Crippen MR) is 135 cm³/mol. The van der Waals surface area contributed by atoms with E-state index in [0.29, 0.717) is 16.7 Å². The number of halogens is 1. The van der Waals surface area contributed by atoms with Crippen molar-refractivity contribution in [1.82, 2.24) is 28.6 Å². The highest BCUT2D eigenvalue weighted by atomic mass is 35.5. The largest absolute Gasteiger partial charge is 0.332 e. The number of amides is 1. The molecular weight excluding hydrogens is 478 g/mol. The molecule has 0 aliphatic carbocycles. The number of hydrogen-bond acceptors (Lipinski definition) is 7. The third-order valence-electron chi connectivity index (χ3n) is 5.73. The van der Waals surface area contributed by atoms with E-state index in [1.165, 1.54) is 33.8 Å². The second-order valence-corrected chi connectivity index (χ2v) is 9.88. The number of carbonyl (C=O) groups is 1. The topological polar surface area (TPSA) is 98.3 Å². The maximum atomic E-state index is 13.5. The Bertz CT molecular complexity index is 1480. The molecule has 0 radical (unpaired) electrons. The lowest BCUT2D eigenvalue weighted by atomic mass is 10.2. The SMILES string of the molecule is Cc1ccc(Cl)c2sc(N(CCCN(C)C)C(=O)Cn3cnc4c3c(=O)n(C)c(=O)n4C)nc12. The van der Waals surface area contributed by atoms with E-state index in [1.807, 2.05) is 33.2 Å². The van der Waals surface area contributed by atoms with Gasteiger partial charge in [-0.25, -0.2) is 14.8 Å². The molecule has 0 aliphatic rings. The Hall–Kier alpha value is -3.02. The van der Waals surface area contributed by atoms with E-state index in [9.17, 15) is 14.4 Å². The maximum Gasteiger partial charge on any atom is 0.332 e. The minimum absolute atomic E-state index is 0.117. The van der Waals surface area contributed by atoms with Crippen LogP contribution in [0.4, 0.5) is 5.13 Å². The van der Waals surface area contributed by atoms with Crippen LogP contribution in [0.3, 0.4) is 0 Å². The second-order valence-electron chi connectivity index (χ2n) is 8.49. The minimum atomic E-state index is -0.495. The van der Waals surface area contributed by atoms with Gasteiger partial charge in [-0.3, -0.25) is 23.6 Å². The summed E-state index contributed by atoms with van der Waals surface area (Å²) in [6, 6.07) is 3.74. The van der Waals surface area contributed by atoms with Gasteiger partial charge in [-0.05, 0) is 45.6 Å². The molecule has 0 aliphatic heterocycles. The highest BCUT2D eigenvalue weighted by Gasteiger charge is 2.23. The Morgan fingerprint density at radius 2 is 1.88 bits per heavy atom. The molecule has 0 bridgehead atoms. The van der Waals surface area contributed by atoms with Gasteiger partial charge in [0.25, 0.3) is 5.56 Å². The van der Waals surface area contributed by atoms with Crippen LogP contribution < -0.4 is 16.1 Å². The average molecular weight is 504 g/mol. The van der Waals surface area contributed by atoms with Crippen molar-refractivity contribution in [1.29, 1.82) is 0 Å². The lowest BCUT2D eigenvalue weighted by Gasteiger charge is -2.21. The van der Waals surface area contributed by atoms with Gasteiger partial charge in [-0.2, -0.15) is 0 Å². The van der Waals surface area contributed by atoms with Gasteiger partial charge >= 0.3 is 5.69 Å². The van der Waals surface area contributed by atoms with Crippen molar-refractivity contribution in [3.8, 4) is 0 Å². The van der Waals surface area contributed by atoms with Crippen LogP contribution in [0, 0.1) is 6.92 Å². The number of thiazole rings is 1. The molecule has 0 spiro atoms. The molecule has 0 N–H and O–H groups in total. The van der Waals surface area contributed by atoms with Gasteiger partial charge in [0.05, 0.1) is 21.6 Å². The monoisotopic (exact) mass is 503 g/mol. The molecule has 12 heteroatoms. The number of nitrogens with zero attached hydrogens (tertiary/aromatic N) is 7. The highest BCUT2D eigenvalue weighted by Crippen LogP contribution is 2.35. The van der Waals surface area contributed by atoms with Crippen molar-refractivity contribution in [2.75, 3.05) is 32.1 Å². The molecule has 0 saturated carbocycles. The van der Waals surface area contributed by atoms with E-state index in [-0.39, 0.29) is 23.6 Å². The van der Waals surface area contributed by atoms with Crippen molar-refractivity contribution in [3.05, 3.63) is 49.9 Å². The normalized spacial score (nSPS) is 11.7. The fourth-order valence-electron chi connectivity index (χ4n) is 3.83. The number of aryl methyl sites for hydroxylation is 2. The van der Waals surface area contributed by atoms with Crippen molar-refractivity contribution in [2.45, 2.75) is 19.9 Å². The lowest BCUT2D eigenvalue weighted by molar-refractivity contribution is -0.119. The summed E-state index contributed by atoms with van der Waals surface area (Å²) in [6.07, 6.45) is 2.16. The van der Waals surface area contributed by atoms with Crippen LogP contribution in [0.1, 0.15) is 12.0 Å². The Morgan fingerprint density at radius 3 is 2.56 bits per heavy atom. The molecule has 1 amide bonds. The first-order valence-electron chi connectivity index (χ1n) is 10.7. The second kappa shape index (κ2) is 9.32. The fraction of sp³-hybridized carbons (Fsp3) is 0.409.